The van der Waals surface area contributed by atoms with E-state index in [9.17, 15) is 4.79 Å². The Morgan fingerprint density at radius 2 is 2.26 bits per heavy atom. The minimum absolute atomic E-state index is 0.109. The smallest absolute Gasteiger partial charge is 0.302 e. The summed E-state index contributed by atoms with van der Waals surface area (Å²) in [5.41, 5.74) is 6.65. The SMILES string of the molecule is CC(=O)OCCCCn1cnc2nc(N)nc(Cl)c21. The number of ether oxygens (including phenoxy) is 1. The maximum absolute atomic E-state index is 10.6. The third-order valence-electron chi connectivity index (χ3n) is 2.55. The highest BCUT2D eigenvalue weighted by Gasteiger charge is 2.10. The van der Waals surface area contributed by atoms with Crippen LogP contribution < -0.4 is 5.73 Å². The Bertz CT molecular complexity index is 598. The lowest BCUT2D eigenvalue weighted by Crippen LogP contribution is -2.03. The average Bonchev–Trinajstić information content (AvgIpc) is 2.71. The Morgan fingerprint density at radius 1 is 1.47 bits per heavy atom. The molecule has 2 aromatic rings. The number of esters is 1. The standard InChI is InChI=1S/C11H14ClN5O2/c1-7(18)19-5-3-2-4-17-6-14-10-8(17)9(12)15-11(13)16-10/h6H,2-5H2,1H3,(H2,13,15,16). The highest BCUT2D eigenvalue weighted by Crippen LogP contribution is 2.20. The largest absolute Gasteiger partial charge is 0.466 e. The molecular weight excluding hydrogens is 270 g/mol. The fraction of sp³-hybridized carbons (Fsp3) is 0.455. The zero-order valence-corrected chi connectivity index (χ0v) is 11.2. The van der Waals surface area contributed by atoms with Gasteiger partial charge < -0.3 is 15.0 Å². The maximum atomic E-state index is 10.6. The number of fused-ring (bicyclic) bond motifs is 1. The lowest BCUT2D eigenvalue weighted by molar-refractivity contribution is -0.141. The highest BCUT2D eigenvalue weighted by atomic mass is 35.5. The summed E-state index contributed by atoms with van der Waals surface area (Å²) in [5, 5.41) is 0.292. The summed E-state index contributed by atoms with van der Waals surface area (Å²) in [6.45, 7) is 2.51. The normalized spacial score (nSPS) is 10.8. The third kappa shape index (κ3) is 3.31. The summed E-state index contributed by atoms with van der Waals surface area (Å²) in [6, 6.07) is 0. The van der Waals surface area contributed by atoms with E-state index < -0.39 is 0 Å². The van der Waals surface area contributed by atoms with Gasteiger partial charge in [-0.15, -0.1) is 0 Å². The van der Waals surface area contributed by atoms with E-state index in [1.165, 1.54) is 6.92 Å². The van der Waals surface area contributed by atoms with Crippen molar-refractivity contribution in [1.82, 2.24) is 19.5 Å². The summed E-state index contributed by atoms with van der Waals surface area (Å²) in [7, 11) is 0. The number of aryl methyl sites for hydroxylation is 1. The third-order valence-corrected chi connectivity index (χ3v) is 2.81. The zero-order chi connectivity index (χ0) is 13.8. The summed E-state index contributed by atoms with van der Waals surface area (Å²) >= 11 is 6.03. The van der Waals surface area contributed by atoms with Gasteiger partial charge in [-0.1, -0.05) is 11.6 Å². The second-order valence-electron chi connectivity index (χ2n) is 4.03. The van der Waals surface area contributed by atoms with Gasteiger partial charge in [-0.2, -0.15) is 9.97 Å². The number of unbranched alkanes of at least 4 members (excludes halogenated alkanes) is 1. The molecule has 2 N–H and O–H groups in total. The molecule has 0 aromatic carbocycles. The molecule has 0 fully saturated rings. The fourth-order valence-electron chi connectivity index (χ4n) is 1.72. The molecule has 0 spiro atoms. The summed E-state index contributed by atoms with van der Waals surface area (Å²) in [5.74, 6) is -0.155. The van der Waals surface area contributed by atoms with Gasteiger partial charge in [0.25, 0.3) is 0 Å². The van der Waals surface area contributed by atoms with Crippen molar-refractivity contribution in [1.29, 1.82) is 0 Å². The van der Waals surface area contributed by atoms with Crippen molar-refractivity contribution in [2.75, 3.05) is 12.3 Å². The van der Waals surface area contributed by atoms with E-state index >= 15 is 0 Å². The van der Waals surface area contributed by atoms with E-state index in [1.807, 2.05) is 4.57 Å². The van der Waals surface area contributed by atoms with Crippen molar-refractivity contribution >= 4 is 34.7 Å². The minimum Gasteiger partial charge on any atom is -0.466 e. The molecule has 2 heterocycles. The number of nitrogens with two attached hydrogens (primary N) is 1. The van der Waals surface area contributed by atoms with Gasteiger partial charge in [-0.05, 0) is 12.8 Å². The highest BCUT2D eigenvalue weighted by molar-refractivity contribution is 6.33. The van der Waals surface area contributed by atoms with Crippen molar-refractivity contribution < 1.29 is 9.53 Å². The number of nitrogen functional groups attached to an aromatic ring is 1. The second kappa shape index (κ2) is 5.83. The molecule has 0 saturated heterocycles. The Morgan fingerprint density at radius 3 is 3.00 bits per heavy atom. The molecular formula is C11H14ClN5O2. The molecule has 102 valence electrons. The topological polar surface area (TPSA) is 95.9 Å². The molecule has 2 rings (SSSR count). The van der Waals surface area contributed by atoms with Gasteiger partial charge in [-0.25, -0.2) is 4.98 Å². The number of hydrogen-bond donors (Lipinski definition) is 1. The number of hydrogen-bond acceptors (Lipinski definition) is 6. The first-order chi connectivity index (χ1) is 9.08. The van der Waals surface area contributed by atoms with Crippen LogP contribution in [-0.4, -0.2) is 32.1 Å². The van der Waals surface area contributed by atoms with Gasteiger partial charge >= 0.3 is 5.97 Å². The van der Waals surface area contributed by atoms with Gasteiger partial charge in [0.2, 0.25) is 5.95 Å². The predicted octanol–water partition coefficient (Wildman–Crippen LogP) is 1.41. The Balaban J connectivity index is 1.99. The van der Waals surface area contributed by atoms with Crippen molar-refractivity contribution in [2.24, 2.45) is 0 Å². The summed E-state index contributed by atoms with van der Waals surface area (Å²) < 4.78 is 6.72. The first-order valence-corrected chi connectivity index (χ1v) is 6.23. The van der Waals surface area contributed by atoms with E-state index in [2.05, 4.69) is 15.0 Å². The summed E-state index contributed by atoms with van der Waals surface area (Å²) in [6.07, 6.45) is 3.25. The van der Waals surface area contributed by atoms with Crippen LogP contribution in [0.15, 0.2) is 6.33 Å². The Hall–Kier alpha value is -1.89. The number of anilines is 1. The van der Waals surface area contributed by atoms with E-state index in [0.29, 0.717) is 29.5 Å². The number of carbonyl (C=O) groups excluding carboxylic acids is 1. The van der Waals surface area contributed by atoms with Gasteiger partial charge in [0.05, 0.1) is 12.9 Å². The van der Waals surface area contributed by atoms with Crippen LogP contribution in [0.1, 0.15) is 19.8 Å². The number of rotatable bonds is 5. The molecule has 19 heavy (non-hydrogen) atoms. The van der Waals surface area contributed by atoms with Crippen molar-refractivity contribution in [3.8, 4) is 0 Å². The van der Waals surface area contributed by atoms with Gasteiger partial charge in [0.1, 0.15) is 5.52 Å². The number of carbonyl (C=O) groups is 1. The lowest BCUT2D eigenvalue weighted by Gasteiger charge is -2.05. The van der Waals surface area contributed by atoms with Crippen molar-refractivity contribution in [3.63, 3.8) is 0 Å². The van der Waals surface area contributed by atoms with Crippen LogP contribution in [0.3, 0.4) is 0 Å². The fourth-order valence-corrected chi connectivity index (χ4v) is 2.00. The number of aromatic nitrogens is 4. The lowest BCUT2D eigenvalue weighted by atomic mass is 10.3. The molecule has 8 heteroatoms. The minimum atomic E-state index is -0.264. The second-order valence-corrected chi connectivity index (χ2v) is 4.39. The van der Waals surface area contributed by atoms with Crippen LogP contribution in [-0.2, 0) is 16.1 Å². The molecule has 0 aliphatic rings. The van der Waals surface area contributed by atoms with Crippen LogP contribution in [0.4, 0.5) is 5.95 Å². The molecule has 0 radical (unpaired) electrons. The molecule has 0 atom stereocenters. The Labute approximate surface area is 114 Å². The molecule has 0 unspecified atom stereocenters. The van der Waals surface area contributed by atoms with Crippen LogP contribution in [0.2, 0.25) is 5.15 Å². The Kier molecular flexibility index (Phi) is 4.16. The first-order valence-electron chi connectivity index (χ1n) is 5.85. The number of halogens is 1. The van der Waals surface area contributed by atoms with E-state index in [4.69, 9.17) is 22.1 Å². The van der Waals surface area contributed by atoms with Gasteiger partial charge in [0.15, 0.2) is 10.8 Å². The van der Waals surface area contributed by atoms with E-state index in [0.717, 1.165) is 12.8 Å². The van der Waals surface area contributed by atoms with E-state index in [1.54, 1.807) is 6.33 Å². The molecule has 0 aliphatic heterocycles. The van der Waals surface area contributed by atoms with Crippen LogP contribution >= 0.6 is 11.6 Å². The van der Waals surface area contributed by atoms with Crippen molar-refractivity contribution in [2.45, 2.75) is 26.3 Å². The molecule has 0 bridgehead atoms. The molecule has 0 amide bonds. The number of nitrogens with zero attached hydrogens (tertiary/aromatic N) is 4. The maximum Gasteiger partial charge on any atom is 0.302 e. The van der Waals surface area contributed by atoms with E-state index in [-0.39, 0.29) is 11.9 Å². The van der Waals surface area contributed by atoms with Gasteiger partial charge in [0, 0.05) is 13.5 Å². The van der Waals surface area contributed by atoms with Crippen molar-refractivity contribution in [3.05, 3.63) is 11.5 Å². The first kappa shape index (κ1) is 13.5. The van der Waals surface area contributed by atoms with Crippen LogP contribution in [0.25, 0.3) is 11.2 Å². The molecule has 0 saturated carbocycles. The quantitative estimate of drug-likeness (QED) is 0.506. The summed E-state index contributed by atoms with van der Waals surface area (Å²) in [4.78, 5) is 22.6. The molecule has 2 aromatic heterocycles. The average molecular weight is 284 g/mol. The monoisotopic (exact) mass is 283 g/mol. The predicted molar refractivity (Wildman–Crippen MR) is 70.6 cm³/mol. The number of imidazole rings is 1. The van der Waals surface area contributed by atoms with Crippen LogP contribution in [0, 0.1) is 0 Å². The van der Waals surface area contributed by atoms with Crippen LogP contribution in [0.5, 0.6) is 0 Å². The zero-order valence-electron chi connectivity index (χ0n) is 10.5. The molecule has 7 nitrogen and oxygen atoms in total. The van der Waals surface area contributed by atoms with Gasteiger partial charge in [-0.3, -0.25) is 4.79 Å². The molecule has 0 aliphatic carbocycles.